The number of aryl methyl sites for hydroxylation is 1. The lowest BCUT2D eigenvalue weighted by Crippen LogP contribution is -2.07. The molecule has 0 saturated heterocycles. The summed E-state index contributed by atoms with van der Waals surface area (Å²) in [7, 11) is 1.89. The lowest BCUT2D eigenvalue weighted by Gasteiger charge is -2.08. The van der Waals surface area contributed by atoms with Gasteiger partial charge in [-0.2, -0.15) is 5.10 Å². The number of hydrogen-bond donors (Lipinski definition) is 2. The molecular formula is C10H17N3O. The summed E-state index contributed by atoms with van der Waals surface area (Å²) in [4.78, 5) is 0. The van der Waals surface area contributed by atoms with Crippen molar-refractivity contribution < 1.29 is 5.11 Å². The Morgan fingerprint density at radius 3 is 3.00 bits per heavy atom. The Morgan fingerprint density at radius 1 is 1.71 bits per heavy atom. The molecule has 1 aromatic heterocycles. The van der Waals surface area contributed by atoms with E-state index in [0.29, 0.717) is 18.9 Å². The fourth-order valence-electron chi connectivity index (χ4n) is 1.77. The second-order valence-corrected chi connectivity index (χ2v) is 4.01. The molecule has 3 N–H and O–H groups in total. The molecule has 4 heteroatoms. The molecule has 1 aromatic rings. The number of rotatable bonds is 4. The van der Waals surface area contributed by atoms with Gasteiger partial charge in [0, 0.05) is 24.7 Å². The first-order valence-corrected chi connectivity index (χ1v) is 5.14. The Hall–Kier alpha value is -0.870. The molecule has 0 bridgehead atoms. The second-order valence-electron chi connectivity index (χ2n) is 4.01. The van der Waals surface area contributed by atoms with Gasteiger partial charge >= 0.3 is 0 Å². The Morgan fingerprint density at radius 2 is 2.43 bits per heavy atom. The molecule has 1 fully saturated rings. The molecule has 0 aliphatic heterocycles. The second kappa shape index (κ2) is 3.71. The predicted octanol–water partition coefficient (Wildman–Crippen LogP) is 0.680. The van der Waals surface area contributed by atoms with Gasteiger partial charge in [0.25, 0.3) is 0 Å². The highest BCUT2D eigenvalue weighted by molar-refractivity contribution is 5.26. The van der Waals surface area contributed by atoms with Gasteiger partial charge in [-0.25, -0.2) is 0 Å². The molecule has 1 heterocycles. The lowest BCUT2D eigenvalue weighted by molar-refractivity contribution is 0.169. The van der Waals surface area contributed by atoms with Crippen molar-refractivity contribution in [1.29, 1.82) is 0 Å². The van der Waals surface area contributed by atoms with Crippen LogP contribution in [0.25, 0.3) is 0 Å². The van der Waals surface area contributed by atoms with Crippen LogP contribution in [-0.4, -0.2) is 21.4 Å². The first-order chi connectivity index (χ1) is 6.72. The van der Waals surface area contributed by atoms with Gasteiger partial charge in [-0.15, -0.1) is 0 Å². The van der Waals surface area contributed by atoms with E-state index in [-0.39, 0.29) is 0 Å². The smallest absolute Gasteiger partial charge is 0.0835 e. The highest BCUT2D eigenvalue weighted by atomic mass is 16.3. The van der Waals surface area contributed by atoms with Gasteiger partial charge in [0.1, 0.15) is 0 Å². The van der Waals surface area contributed by atoms with Crippen LogP contribution in [0.5, 0.6) is 0 Å². The minimum atomic E-state index is -0.440. The Kier molecular flexibility index (Phi) is 2.56. The monoisotopic (exact) mass is 195 g/mol. The van der Waals surface area contributed by atoms with E-state index in [9.17, 15) is 5.11 Å². The predicted molar refractivity (Wildman–Crippen MR) is 53.8 cm³/mol. The van der Waals surface area contributed by atoms with Crippen LogP contribution in [0.3, 0.4) is 0 Å². The summed E-state index contributed by atoms with van der Waals surface area (Å²) in [5.74, 6) is 0.582. The summed E-state index contributed by atoms with van der Waals surface area (Å²) in [6, 6.07) is 0. The van der Waals surface area contributed by atoms with Crippen LogP contribution in [0.1, 0.15) is 42.5 Å². The molecule has 1 unspecified atom stereocenters. The Bertz CT molecular complexity index is 317. The fourth-order valence-corrected chi connectivity index (χ4v) is 1.77. The van der Waals surface area contributed by atoms with Gasteiger partial charge in [-0.1, -0.05) is 0 Å². The maximum atomic E-state index is 9.86. The van der Waals surface area contributed by atoms with Crippen LogP contribution in [0.15, 0.2) is 6.20 Å². The van der Waals surface area contributed by atoms with E-state index in [1.54, 1.807) is 4.68 Å². The zero-order valence-corrected chi connectivity index (χ0v) is 8.48. The van der Waals surface area contributed by atoms with Crippen molar-refractivity contribution in [2.24, 2.45) is 12.8 Å². The van der Waals surface area contributed by atoms with Crippen molar-refractivity contribution in [3.63, 3.8) is 0 Å². The lowest BCUT2D eigenvalue weighted by atomic mass is 10.1. The summed E-state index contributed by atoms with van der Waals surface area (Å²) >= 11 is 0. The molecule has 1 aliphatic carbocycles. The van der Waals surface area contributed by atoms with Crippen molar-refractivity contribution >= 4 is 0 Å². The van der Waals surface area contributed by atoms with Gasteiger partial charge in [-0.05, 0) is 25.8 Å². The first kappa shape index (κ1) is 9.68. The number of hydrogen-bond acceptors (Lipinski definition) is 3. The topological polar surface area (TPSA) is 64.1 Å². The van der Waals surface area contributed by atoms with E-state index in [1.807, 2.05) is 13.2 Å². The highest BCUT2D eigenvalue weighted by Gasteiger charge is 2.30. The quantitative estimate of drug-likeness (QED) is 0.742. The molecular weight excluding hydrogens is 178 g/mol. The zero-order chi connectivity index (χ0) is 10.1. The molecule has 14 heavy (non-hydrogen) atoms. The van der Waals surface area contributed by atoms with Crippen LogP contribution in [0.4, 0.5) is 0 Å². The molecule has 0 amide bonds. The maximum Gasteiger partial charge on any atom is 0.0835 e. The minimum absolute atomic E-state index is 0.440. The van der Waals surface area contributed by atoms with E-state index >= 15 is 0 Å². The van der Waals surface area contributed by atoms with E-state index in [2.05, 4.69) is 5.10 Å². The zero-order valence-electron chi connectivity index (χ0n) is 8.48. The largest absolute Gasteiger partial charge is 0.388 e. The number of nitrogens with two attached hydrogens (primary N) is 1. The van der Waals surface area contributed by atoms with Crippen molar-refractivity contribution in [1.82, 2.24) is 9.78 Å². The average Bonchev–Trinajstić information content (AvgIpc) is 2.90. The summed E-state index contributed by atoms with van der Waals surface area (Å²) < 4.78 is 1.78. The summed E-state index contributed by atoms with van der Waals surface area (Å²) in [5.41, 5.74) is 7.48. The van der Waals surface area contributed by atoms with Gasteiger partial charge in [0.15, 0.2) is 0 Å². The van der Waals surface area contributed by atoms with E-state index in [0.717, 1.165) is 11.3 Å². The Balaban J connectivity index is 2.21. The van der Waals surface area contributed by atoms with Crippen LogP contribution in [0, 0.1) is 0 Å². The van der Waals surface area contributed by atoms with E-state index < -0.39 is 6.10 Å². The molecule has 78 valence electrons. The van der Waals surface area contributed by atoms with Crippen LogP contribution >= 0.6 is 0 Å². The molecule has 4 nitrogen and oxygen atoms in total. The van der Waals surface area contributed by atoms with E-state index in [1.165, 1.54) is 12.8 Å². The van der Waals surface area contributed by atoms with Crippen LogP contribution in [0.2, 0.25) is 0 Å². The fraction of sp³-hybridized carbons (Fsp3) is 0.700. The highest BCUT2D eigenvalue weighted by Crippen LogP contribution is 2.42. The number of nitrogens with zero attached hydrogens (tertiary/aromatic N) is 2. The molecule has 1 atom stereocenters. The summed E-state index contributed by atoms with van der Waals surface area (Å²) in [5, 5.41) is 14.2. The standard InChI is InChI=1S/C10H17N3O/c1-13-6-8(9(14)4-5-11)10(12-13)7-2-3-7/h6-7,9,14H,2-5,11H2,1H3. The third-order valence-corrected chi connectivity index (χ3v) is 2.65. The SMILES string of the molecule is Cn1cc(C(O)CCN)c(C2CC2)n1. The molecule has 0 spiro atoms. The average molecular weight is 195 g/mol. The summed E-state index contributed by atoms with van der Waals surface area (Å²) in [6.07, 6.45) is 4.50. The van der Waals surface area contributed by atoms with Crippen molar-refractivity contribution in [3.8, 4) is 0 Å². The number of aliphatic hydroxyl groups is 1. The number of aromatic nitrogens is 2. The maximum absolute atomic E-state index is 9.86. The molecule has 0 aromatic carbocycles. The van der Waals surface area contributed by atoms with Crippen LogP contribution in [-0.2, 0) is 7.05 Å². The number of aliphatic hydroxyl groups excluding tert-OH is 1. The van der Waals surface area contributed by atoms with Crippen molar-refractivity contribution in [3.05, 3.63) is 17.5 Å². The summed E-state index contributed by atoms with van der Waals surface area (Å²) in [6.45, 7) is 0.514. The molecule has 1 saturated carbocycles. The van der Waals surface area contributed by atoms with Gasteiger partial charge < -0.3 is 10.8 Å². The minimum Gasteiger partial charge on any atom is -0.388 e. The van der Waals surface area contributed by atoms with Crippen molar-refractivity contribution in [2.45, 2.75) is 31.3 Å². The van der Waals surface area contributed by atoms with Crippen molar-refractivity contribution in [2.75, 3.05) is 6.54 Å². The van der Waals surface area contributed by atoms with Crippen LogP contribution < -0.4 is 5.73 Å². The van der Waals surface area contributed by atoms with Gasteiger partial charge in [-0.3, -0.25) is 4.68 Å². The van der Waals surface area contributed by atoms with E-state index in [4.69, 9.17) is 5.73 Å². The third-order valence-electron chi connectivity index (χ3n) is 2.65. The molecule has 0 radical (unpaired) electrons. The molecule has 2 rings (SSSR count). The van der Waals surface area contributed by atoms with Gasteiger partial charge in [0.05, 0.1) is 11.8 Å². The Labute approximate surface area is 83.7 Å². The first-order valence-electron chi connectivity index (χ1n) is 5.14. The normalized spacial score (nSPS) is 18.5. The van der Waals surface area contributed by atoms with Gasteiger partial charge in [0.2, 0.25) is 0 Å². The third kappa shape index (κ3) is 1.81. The molecule has 1 aliphatic rings.